The number of para-hydroxylation sites is 1. The van der Waals surface area contributed by atoms with Crippen LogP contribution < -0.4 is 10.6 Å². The van der Waals surface area contributed by atoms with Crippen molar-refractivity contribution in [1.82, 2.24) is 4.98 Å². The maximum absolute atomic E-state index is 12.4. The molecule has 0 fully saturated rings. The molecule has 0 atom stereocenters. The fourth-order valence-electron chi connectivity index (χ4n) is 2.22. The summed E-state index contributed by atoms with van der Waals surface area (Å²) in [5, 5.41) is 15.5. The van der Waals surface area contributed by atoms with Crippen LogP contribution in [0.5, 0.6) is 0 Å². The van der Waals surface area contributed by atoms with E-state index >= 15 is 0 Å². The quantitative estimate of drug-likeness (QED) is 0.645. The van der Waals surface area contributed by atoms with Crippen LogP contribution in [0.1, 0.15) is 15.9 Å². The minimum atomic E-state index is -0.301. The number of anilines is 3. The van der Waals surface area contributed by atoms with E-state index in [1.54, 1.807) is 54.6 Å². The van der Waals surface area contributed by atoms with Crippen LogP contribution in [0.4, 0.5) is 17.2 Å². The zero-order valence-electron chi connectivity index (χ0n) is 13.3. The first-order valence-corrected chi connectivity index (χ1v) is 8.31. The molecule has 0 spiro atoms. The second-order valence-electron chi connectivity index (χ2n) is 5.29. The molecule has 26 heavy (non-hydrogen) atoms. The van der Waals surface area contributed by atoms with E-state index in [1.165, 1.54) is 6.20 Å². The molecule has 0 unspecified atom stereocenters. The molecule has 0 saturated heterocycles. The van der Waals surface area contributed by atoms with Crippen molar-refractivity contribution in [2.75, 3.05) is 10.6 Å². The van der Waals surface area contributed by atoms with Gasteiger partial charge >= 0.3 is 0 Å². The van der Waals surface area contributed by atoms with E-state index in [9.17, 15) is 4.79 Å². The van der Waals surface area contributed by atoms with Crippen LogP contribution in [0.3, 0.4) is 0 Å². The molecule has 0 radical (unpaired) electrons. The van der Waals surface area contributed by atoms with Gasteiger partial charge in [0.05, 0.1) is 27.4 Å². The second-order valence-corrected chi connectivity index (χ2v) is 6.11. The van der Waals surface area contributed by atoms with Crippen molar-refractivity contribution in [3.05, 3.63) is 82.0 Å². The number of benzene rings is 2. The Bertz CT molecular complexity index is 977. The molecule has 3 rings (SSSR count). The van der Waals surface area contributed by atoms with Crippen LogP contribution >= 0.6 is 23.2 Å². The van der Waals surface area contributed by atoms with Crippen molar-refractivity contribution < 1.29 is 4.79 Å². The molecule has 1 heterocycles. The van der Waals surface area contributed by atoms with Crippen LogP contribution in [0.25, 0.3) is 0 Å². The first-order valence-electron chi connectivity index (χ1n) is 7.55. The molecule has 1 amide bonds. The molecule has 0 aliphatic carbocycles. The van der Waals surface area contributed by atoms with E-state index in [-0.39, 0.29) is 5.91 Å². The summed E-state index contributed by atoms with van der Waals surface area (Å²) in [4.78, 5) is 16.6. The number of pyridine rings is 1. The highest BCUT2D eigenvalue weighted by atomic mass is 35.5. The maximum atomic E-state index is 12.4. The summed E-state index contributed by atoms with van der Waals surface area (Å²) in [5.74, 6) is 0.137. The summed E-state index contributed by atoms with van der Waals surface area (Å²) < 4.78 is 0. The number of rotatable bonds is 4. The molecule has 3 aromatic rings. The van der Waals surface area contributed by atoms with Gasteiger partial charge in [-0.1, -0.05) is 29.3 Å². The Hall–Kier alpha value is -3.07. The number of nitrogens with zero attached hydrogens (tertiary/aromatic N) is 2. The van der Waals surface area contributed by atoms with Crippen molar-refractivity contribution in [3.63, 3.8) is 0 Å². The van der Waals surface area contributed by atoms with E-state index in [0.717, 1.165) is 0 Å². The molecule has 2 aromatic carbocycles. The third-order valence-corrected chi connectivity index (χ3v) is 4.14. The summed E-state index contributed by atoms with van der Waals surface area (Å²) in [6, 6.07) is 17.0. The van der Waals surface area contributed by atoms with E-state index in [0.29, 0.717) is 38.4 Å². The molecular weight excluding hydrogens is 371 g/mol. The van der Waals surface area contributed by atoms with E-state index < -0.39 is 0 Å². The van der Waals surface area contributed by atoms with Crippen molar-refractivity contribution in [2.45, 2.75) is 0 Å². The minimum Gasteiger partial charge on any atom is -0.338 e. The van der Waals surface area contributed by atoms with Gasteiger partial charge in [0.1, 0.15) is 5.82 Å². The van der Waals surface area contributed by atoms with Crippen molar-refractivity contribution in [1.29, 1.82) is 5.26 Å². The van der Waals surface area contributed by atoms with Crippen LogP contribution in [-0.2, 0) is 0 Å². The van der Waals surface area contributed by atoms with Gasteiger partial charge in [0.15, 0.2) is 0 Å². The highest BCUT2D eigenvalue weighted by molar-refractivity contribution is 6.39. The van der Waals surface area contributed by atoms with E-state index in [4.69, 9.17) is 28.5 Å². The molecular formula is C19H12Cl2N4O. The van der Waals surface area contributed by atoms with Crippen molar-refractivity contribution in [3.8, 4) is 6.07 Å². The predicted octanol–water partition coefficient (Wildman–Crippen LogP) is 5.26. The topological polar surface area (TPSA) is 77.8 Å². The molecule has 2 N–H and O–H groups in total. The molecule has 0 aliphatic heterocycles. The van der Waals surface area contributed by atoms with Gasteiger partial charge in [-0.3, -0.25) is 4.79 Å². The largest absolute Gasteiger partial charge is 0.338 e. The Kier molecular flexibility index (Phi) is 5.37. The number of nitriles is 1. The zero-order valence-corrected chi connectivity index (χ0v) is 14.8. The Labute approximate surface area is 160 Å². The van der Waals surface area contributed by atoms with Crippen molar-refractivity contribution >= 4 is 46.3 Å². The first kappa shape index (κ1) is 17.7. The lowest BCUT2D eigenvalue weighted by molar-refractivity contribution is 0.102. The third kappa shape index (κ3) is 4.12. The molecule has 5 nitrogen and oxygen atoms in total. The Morgan fingerprint density at radius 1 is 1.04 bits per heavy atom. The van der Waals surface area contributed by atoms with Crippen LogP contribution in [0.15, 0.2) is 60.8 Å². The molecule has 1 aromatic heterocycles. The smallest absolute Gasteiger partial charge is 0.255 e. The van der Waals surface area contributed by atoms with Gasteiger partial charge in [0.2, 0.25) is 0 Å². The lowest BCUT2D eigenvalue weighted by Gasteiger charge is -2.11. The number of nitrogens with one attached hydrogen (secondary N) is 2. The highest BCUT2D eigenvalue weighted by Gasteiger charge is 2.10. The molecule has 0 aliphatic rings. The fourth-order valence-corrected chi connectivity index (χ4v) is 2.71. The second kappa shape index (κ2) is 7.87. The lowest BCUT2D eigenvalue weighted by atomic mass is 10.2. The summed E-state index contributed by atoms with van der Waals surface area (Å²) in [6.07, 6.45) is 1.51. The van der Waals surface area contributed by atoms with Gasteiger partial charge in [-0.2, -0.15) is 5.26 Å². The summed E-state index contributed by atoms with van der Waals surface area (Å²) in [6.45, 7) is 0. The number of carbonyl (C=O) groups is 1. The highest BCUT2D eigenvalue weighted by Crippen LogP contribution is 2.32. The predicted molar refractivity (Wildman–Crippen MR) is 103 cm³/mol. The number of halogens is 2. The monoisotopic (exact) mass is 382 g/mol. The van der Waals surface area contributed by atoms with E-state index in [1.807, 2.05) is 6.07 Å². The normalized spacial score (nSPS) is 10.0. The van der Waals surface area contributed by atoms with E-state index in [2.05, 4.69) is 15.6 Å². The number of hydrogen-bond acceptors (Lipinski definition) is 4. The van der Waals surface area contributed by atoms with Gasteiger partial charge < -0.3 is 10.6 Å². The minimum absolute atomic E-state index is 0.301. The van der Waals surface area contributed by atoms with Crippen LogP contribution in [0, 0.1) is 11.3 Å². The summed E-state index contributed by atoms with van der Waals surface area (Å²) in [5.41, 5.74) is 2.05. The average molecular weight is 383 g/mol. The first-order chi connectivity index (χ1) is 12.6. The number of hydrogen-bond donors (Lipinski definition) is 2. The SMILES string of the molecule is N#Cc1ccc(NC(=O)c2ccnc(Nc3c(Cl)cccc3Cl)c2)cc1. The maximum Gasteiger partial charge on any atom is 0.255 e. The Balaban J connectivity index is 1.78. The van der Waals surface area contributed by atoms with Crippen LogP contribution in [-0.4, -0.2) is 10.9 Å². The average Bonchev–Trinajstić information content (AvgIpc) is 2.66. The summed E-state index contributed by atoms with van der Waals surface area (Å²) in [7, 11) is 0. The van der Waals surface area contributed by atoms with Gasteiger partial charge in [-0.05, 0) is 48.5 Å². The Morgan fingerprint density at radius 2 is 1.73 bits per heavy atom. The molecule has 128 valence electrons. The number of carbonyl (C=O) groups excluding carboxylic acids is 1. The van der Waals surface area contributed by atoms with Gasteiger partial charge in [-0.25, -0.2) is 4.98 Å². The van der Waals surface area contributed by atoms with Gasteiger partial charge in [-0.15, -0.1) is 0 Å². The third-order valence-electron chi connectivity index (χ3n) is 3.51. The molecule has 7 heteroatoms. The van der Waals surface area contributed by atoms with Gasteiger partial charge in [0.25, 0.3) is 5.91 Å². The van der Waals surface area contributed by atoms with Gasteiger partial charge in [0, 0.05) is 17.4 Å². The number of aromatic nitrogens is 1. The standard InChI is InChI=1S/C19H12Cl2N4O/c20-15-2-1-3-16(21)18(15)25-17-10-13(8-9-23-17)19(26)24-14-6-4-12(11-22)5-7-14/h1-10H,(H,23,25)(H,24,26). The molecule has 0 saturated carbocycles. The van der Waals surface area contributed by atoms with Crippen molar-refractivity contribution in [2.24, 2.45) is 0 Å². The molecule has 0 bridgehead atoms. The Morgan fingerprint density at radius 3 is 2.38 bits per heavy atom. The lowest BCUT2D eigenvalue weighted by Crippen LogP contribution is -2.12. The van der Waals surface area contributed by atoms with Crippen LogP contribution in [0.2, 0.25) is 10.0 Å². The fraction of sp³-hybridized carbons (Fsp3) is 0. The summed E-state index contributed by atoms with van der Waals surface area (Å²) >= 11 is 12.3. The zero-order chi connectivity index (χ0) is 18.5. The number of amides is 1.